The number of halogens is 1. The van der Waals surface area contributed by atoms with Crippen molar-refractivity contribution < 1.29 is 5.11 Å². The Morgan fingerprint density at radius 1 is 1.62 bits per heavy atom. The molecule has 0 atom stereocenters. The summed E-state index contributed by atoms with van der Waals surface area (Å²) in [5, 5.41) is 11.6. The first kappa shape index (κ1) is 12.6. The van der Waals surface area contributed by atoms with Crippen molar-refractivity contribution in [1.29, 1.82) is 0 Å². The molecule has 0 amide bonds. The van der Waals surface area contributed by atoms with Crippen LogP contribution < -0.4 is 5.32 Å². The standard InChI is InChI=1S/C10H16BrNO/c1-3-5-10(11)9(4-2)8-12-6-7-13/h3-5,12-13H,2,6-8H2,1H3/b5-3-,10-9-. The summed E-state index contributed by atoms with van der Waals surface area (Å²) in [7, 11) is 0. The fraction of sp³-hybridized carbons (Fsp3) is 0.400. The molecule has 0 spiro atoms. The lowest BCUT2D eigenvalue weighted by Crippen LogP contribution is -2.20. The van der Waals surface area contributed by atoms with Crippen LogP contribution in [0.5, 0.6) is 0 Å². The molecule has 0 radical (unpaired) electrons. The Labute approximate surface area is 88.2 Å². The minimum absolute atomic E-state index is 0.158. The van der Waals surface area contributed by atoms with Crippen LogP contribution in [0.15, 0.2) is 34.9 Å². The van der Waals surface area contributed by atoms with Crippen molar-refractivity contribution >= 4 is 15.9 Å². The largest absolute Gasteiger partial charge is 0.395 e. The van der Waals surface area contributed by atoms with Crippen LogP contribution in [0, 0.1) is 0 Å². The van der Waals surface area contributed by atoms with E-state index in [0.29, 0.717) is 6.54 Å². The molecule has 0 aliphatic carbocycles. The molecule has 13 heavy (non-hydrogen) atoms. The summed E-state index contributed by atoms with van der Waals surface area (Å²) < 4.78 is 1.02. The molecule has 0 saturated heterocycles. The second-order valence-electron chi connectivity index (χ2n) is 2.48. The second kappa shape index (κ2) is 8.23. The number of hydrogen-bond donors (Lipinski definition) is 2. The fourth-order valence-electron chi connectivity index (χ4n) is 0.810. The van der Waals surface area contributed by atoms with Gasteiger partial charge in [-0.2, -0.15) is 0 Å². The Hall–Kier alpha value is -0.380. The van der Waals surface area contributed by atoms with Crippen LogP contribution in [-0.4, -0.2) is 24.8 Å². The van der Waals surface area contributed by atoms with E-state index in [1.54, 1.807) is 6.08 Å². The molecule has 0 aliphatic rings. The molecule has 3 heteroatoms. The molecular weight excluding hydrogens is 230 g/mol. The number of aliphatic hydroxyl groups is 1. The number of hydrogen-bond acceptors (Lipinski definition) is 2. The maximum absolute atomic E-state index is 8.56. The lowest BCUT2D eigenvalue weighted by Gasteiger charge is -2.04. The molecule has 0 unspecified atom stereocenters. The van der Waals surface area contributed by atoms with Crippen LogP contribution in [-0.2, 0) is 0 Å². The van der Waals surface area contributed by atoms with E-state index >= 15 is 0 Å². The zero-order chi connectivity index (χ0) is 10.1. The van der Waals surface area contributed by atoms with E-state index in [2.05, 4.69) is 27.8 Å². The van der Waals surface area contributed by atoms with Gasteiger partial charge in [-0.25, -0.2) is 0 Å². The average Bonchev–Trinajstić information content (AvgIpc) is 2.13. The first-order valence-electron chi connectivity index (χ1n) is 4.21. The van der Waals surface area contributed by atoms with E-state index in [1.165, 1.54) is 0 Å². The Morgan fingerprint density at radius 2 is 2.31 bits per heavy atom. The fourth-order valence-corrected chi connectivity index (χ4v) is 1.38. The van der Waals surface area contributed by atoms with Crippen molar-refractivity contribution in [3.8, 4) is 0 Å². The van der Waals surface area contributed by atoms with Crippen LogP contribution >= 0.6 is 15.9 Å². The highest BCUT2D eigenvalue weighted by Gasteiger charge is 1.96. The van der Waals surface area contributed by atoms with Gasteiger partial charge in [0.1, 0.15) is 0 Å². The molecule has 0 saturated carbocycles. The monoisotopic (exact) mass is 245 g/mol. The SMILES string of the molecule is C=C/C(CNCCO)=C(Br)\C=C/C. The van der Waals surface area contributed by atoms with E-state index in [0.717, 1.165) is 16.6 Å². The zero-order valence-corrected chi connectivity index (χ0v) is 9.47. The first-order chi connectivity index (χ1) is 6.26. The van der Waals surface area contributed by atoms with E-state index in [9.17, 15) is 0 Å². The number of allylic oxidation sites excluding steroid dienone is 3. The third kappa shape index (κ3) is 5.80. The van der Waals surface area contributed by atoms with Crippen molar-refractivity contribution in [2.75, 3.05) is 19.7 Å². The summed E-state index contributed by atoms with van der Waals surface area (Å²) in [4.78, 5) is 0. The van der Waals surface area contributed by atoms with Gasteiger partial charge in [-0.1, -0.05) is 40.7 Å². The van der Waals surface area contributed by atoms with Gasteiger partial charge in [0.05, 0.1) is 6.61 Å². The summed E-state index contributed by atoms with van der Waals surface area (Å²) >= 11 is 3.44. The van der Waals surface area contributed by atoms with E-state index in [-0.39, 0.29) is 6.61 Å². The summed E-state index contributed by atoms with van der Waals surface area (Å²) in [6.07, 6.45) is 5.73. The van der Waals surface area contributed by atoms with Gasteiger partial charge in [-0.3, -0.25) is 0 Å². The first-order valence-corrected chi connectivity index (χ1v) is 5.01. The van der Waals surface area contributed by atoms with Crippen LogP contribution in [0.4, 0.5) is 0 Å². The minimum atomic E-state index is 0.158. The highest BCUT2D eigenvalue weighted by atomic mass is 79.9. The quantitative estimate of drug-likeness (QED) is 0.554. The van der Waals surface area contributed by atoms with Crippen molar-refractivity contribution in [2.45, 2.75) is 6.92 Å². The predicted molar refractivity (Wildman–Crippen MR) is 60.9 cm³/mol. The Bertz CT molecular complexity index is 209. The Kier molecular flexibility index (Phi) is 7.99. The highest BCUT2D eigenvalue weighted by molar-refractivity contribution is 9.11. The van der Waals surface area contributed by atoms with E-state index < -0.39 is 0 Å². The molecule has 0 fully saturated rings. The molecule has 0 bridgehead atoms. The van der Waals surface area contributed by atoms with Crippen molar-refractivity contribution in [3.63, 3.8) is 0 Å². The van der Waals surface area contributed by atoms with Crippen molar-refractivity contribution in [1.82, 2.24) is 5.32 Å². The summed E-state index contributed by atoms with van der Waals surface area (Å²) in [5.41, 5.74) is 1.09. The second-order valence-corrected chi connectivity index (χ2v) is 3.33. The molecular formula is C10H16BrNO. The summed E-state index contributed by atoms with van der Waals surface area (Å²) in [5.74, 6) is 0. The third-order valence-electron chi connectivity index (χ3n) is 1.47. The van der Waals surface area contributed by atoms with Gasteiger partial charge in [0.2, 0.25) is 0 Å². The molecule has 0 heterocycles. The molecule has 2 N–H and O–H groups in total. The molecule has 0 aliphatic heterocycles. The van der Waals surface area contributed by atoms with Crippen LogP contribution in [0.3, 0.4) is 0 Å². The van der Waals surface area contributed by atoms with E-state index in [1.807, 2.05) is 19.1 Å². The predicted octanol–water partition coefficient (Wildman–Crippen LogP) is 1.98. The maximum atomic E-state index is 8.56. The van der Waals surface area contributed by atoms with Gasteiger partial charge in [0.15, 0.2) is 0 Å². The molecule has 0 rings (SSSR count). The lowest BCUT2D eigenvalue weighted by atomic mass is 10.2. The van der Waals surface area contributed by atoms with Crippen LogP contribution in [0.2, 0.25) is 0 Å². The lowest BCUT2D eigenvalue weighted by molar-refractivity contribution is 0.294. The maximum Gasteiger partial charge on any atom is 0.0556 e. The smallest absolute Gasteiger partial charge is 0.0556 e. The molecule has 74 valence electrons. The van der Waals surface area contributed by atoms with Crippen molar-refractivity contribution in [2.24, 2.45) is 0 Å². The summed E-state index contributed by atoms with van der Waals surface area (Å²) in [6, 6.07) is 0. The van der Waals surface area contributed by atoms with Crippen LogP contribution in [0.25, 0.3) is 0 Å². The molecule has 2 nitrogen and oxygen atoms in total. The Balaban J connectivity index is 4.15. The van der Waals surface area contributed by atoms with E-state index in [4.69, 9.17) is 5.11 Å². The van der Waals surface area contributed by atoms with Crippen LogP contribution in [0.1, 0.15) is 6.92 Å². The van der Waals surface area contributed by atoms with Gasteiger partial charge in [0.25, 0.3) is 0 Å². The topological polar surface area (TPSA) is 32.3 Å². The number of aliphatic hydroxyl groups excluding tert-OH is 1. The minimum Gasteiger partial charge on any atom is -0.395 e. The van der Waals surface area contributed by atoms with Gasteiger partial charge >= 0.3 is 0 Å². The zero-order valence-electron chi connectivity index (χ0n) is 7.89. The normalized spacial score (nSPS) is 13.2. The van der Waals surface area contributed by atoms with Gasteiger partial charge < -0.3 is 10.4 Å². The molecule has 0 aromatic carbocycles. The highest BCUT2D eigenvalue weighted by Crippen LogP contribution is 2.13. The van der Waals surface area contributed by atoms with Crippen molar-refractivity contribution in [3.05, 3.63) is 34.9 Å². The number of rotatable bonds is 6. The molecule has 0 aromatic heterocycles. The summed E-state index contributed by atoms with van der Waals surface area (Å²) in [6.45, 7) is 7.16. The average molecular weight is 246 g/mol. The van der Waals surface area contributed by atoms with Gasteiger partial charge in [-0.15, -0.1) is 0 Å². The number of nitrogens with one attached hydrogen (secondary N) is 1. The molecule has 0 aromatic rings. The Morgan fingerprint density at radius 3 is 2.77 bits per heavy atom. The van der Waals surface area contributed by atoms with Gasteiger partial charge in [-0.05, 0) is 12.5 Å². The third-order valence-corrected chi connectivity index (χ3v) is 2.24. The van der Waals surface area contributed by atoms with Gasteiger partial charge in [0, 0.05) is 17.6 Å².